The fraction of sp³-hybridized carbons (Fsp3) is 0.800. The van der Waals surface area contributed by atoms with Gasteiger partial charge in [-0.1, -0.05) is 41.2 Å². The zero-order valence-corrected chi connectivity index (χ0v) is 12.0. The van der Waals surface area contributed by atoms with Crippen LogP contribution in [0.1, 0.15) is 25.7 Å². The fourth-order valence-electron chi connectivity index (χ4n) is 1.98. The van der Waals surface area contributed by atoms with Gasteiger partial charge in [-0.05, 0) is 12.8 Å². The summed E-state index contributed by atoms with van der Waals surface area (Å²) in [6, 6.07) is -0.813. The Hall–Kier alpha value is 0.300. The highest BCUT2D eigenvalue weighted by Gasteiger charge is 2.43. The SMILES string of the molecule is O=C(CCl)N[C@@H]([C@H]1CCCCC1=O)C(Cl)(Cl)Cl. The number of ketones is 1. The van der Waals surface area contributed by atoms with Crippen molar-refractivity contribution >= 4 is 58.1 Å². The molecule has 3 nitrogen and oxygen atoms in total. The van der Waals surface area contributed by atoms with Crippen molar-refractivity contribution in [2.45, 2.75) is 35.5 Å². The molecule has 1 N–H and O–H groups in total. The van der Waals surface area contributed by atoms with Gasteiger partial charge in [0.15, 0.2) is 0 Å². The number of carbonyl (C=O) groups excluding carboxylic acids is 2. The topological polar surface area (TPSA) is 46.2 Å². The number of carbonyl (C=O) groups is 2. The van der Waals surface area contributed by atoms with E-state index in [0.29, 0.717) is 12.8 Å². The minimum absolute atomic E-state index is 0.0300. The zero-order chi connectivity index (χ0) is 13.1. The van der Waals surface area contributed by atoms with Crippen LogP contribution < -0.4 is 5.32 Å². The third-order valence-electron chi connectivity index (χ3n) is 2.79. The molecule has 1 fully saturated rings. The van der Waals surface area contributed by atoms with Crippen LogP contribution in [0.4, 0.5) is 0 Å². The maximum Gasteiger partial charge on any atom is 0.235 e. The Balaban J connectivity index is 2.81. The molecule has 1 amide bonds. The van der Waals surface area contributed by atoms with E-state index >= 15 is 0 Å². The second kappa shape index (κ2) is 6.46. The van der Waals surface area contributed by atoms with Crippen molar-refractivity contribution in [3.05, 3.63) is 0 Å². The number of hydrogen-bond acceptors (Lipinski definition) is 2. The van der Waals surface area contributed by atoms with Crippen molar-refractivity contribution in [3.8, 4) is 0 Å². The van der Waals surface area contributed by atoms with Crippen molar-refractivity contribution in [3.63, 3.8) is 0 Å². The minimum Gasteiger partial charge on any atom is -0.347 e. The van der Waals surface area contributed by atoms with Crippen LogP contribution in [0.25, 0.3) is 0 Å². The molecule has 1 saturated carbocycles. The Kier molecular flexibility index (Phi) is 5.84. The van der Waals surface area contributed by atoms with Gasteiger partial charge in [-0.3, -0.25) is 9.59 Å². The molecule has 0 spiro atoms. The van der Waals surface area contributed by atoms with Crippen LogP contribution in [0.5, 0.6) is 0 Å². The molecule has 0 aromatic rings. The van der Waals surface area contributed by atoms with E-state index in [1.54, 1.807) is 0 Å². The molecule has 7 heteroatoms. The summed E-state index contributed by atoms with van der Waals surface area (Å²) in [5.41, 5.74) is 0. The highest BCUT2D eigenvalue weighted by atomic mass is 35.6. The molecule has 17 heavy (non-hydrogen) atoms. The molecular weight excluding hydrogens is 308 g/mol. The first-order valence-electron chi connectivity index (χ1n) is 5.31. The molecule has 0 radical (unpaired) electrons. The normalized spacial score (nSPS) is 23.3. The number of hydrogen-bond donors (Lipinski definition) is 1. The van der Waals surface area contributed by atoms with E-state index in [4.69, 9.17) is 46.4 Å². The largest absolute Gasteiger partial charge is 0.347 e. The molecule has 0 bridgehead atoms. The van der Waals surface area contributed by atoms with Crippen LogP contribution in [-0.2, 0) is 9.59 Å². The molecule has 0 saturated heterocycles. The number of halogens is 4. The lowest BCUT2D eigenvalue weighted by Gasteiger charge is -2.34. The highest BCUT2D eigenvalue weighted by Crippen LogP contribution is 2.38. The minimum atomic E-state index is -1.71. The van der Waals surface area contributed by atoms with Gasteiger partial charge in [-0.2, -0.15) is 0 Å². The summed E-state index contributed by atoms with van der Waals surface area (Å²) in [6.07, 6.45) is 2.84. The van der Waals surface area contributed by atoms with E-state index in [1.807, 2.05) is 0 Å². The first-order valence-corrected chi connectivity index (χ1v) is 6.98. The fourth-order valence-corrected chi connectivity index (χ4v) is 2.68. The van der Waals surface area contributed by atoms with Gasteiger partial charge in [0.25, 0.3) is 0 Å². The second-order valence-corrected chi connectivity index (χ2v) is 6.68. The Morgan fingerprint density at radius 3 is 2.53 bits per heavy atom. The van der Waals surface area contributed by atoms with Gasteiger partial charge in [-0.15, -0.1) is 11.6 Å². The van der Waals surface area contributed by atoms with E-state index in [9.17, 15) is 9.59 Å². The molecule has 0 aromatic carbocycles. The van der Waals surface area contributed by atoms with Crippen LogP contribution in [0.3, 0.4) is 0 Å². The lowest BCUT2D eigenvalue weighted by atomic mass is 9.83. The highest BCUT2D eigenvalue weighted by molar-refractivity contribution is 6.68. The number of alkyl halides is 4. The van der Waals surface area contributed by atoms with Crippen LogP contribution >= 0.6 is 46.4 Å². The summed E-state index contributed by atoms with van der Waals surface area (Å²) >= 11 is 22.9. The third kappa shape index (κ3) is 4.47. The lowest BCUT2D eigenvalue weighted by molar-refractivity contribution is -0.126. The Morgan fingerprint density at radius 2 is 2.06 bits per heavy atom. The van der Waals surface area contributed by atoms with E-state index in [0.717, 1.165) is 12.8 Å². The zero-order valence-electron chi connectivity index (χ0n) is 9.02. The van der Waals surface area contributed by atoms with Crippen molar-refractivity contribution in [1.82, 2.24) is 5.32 Å². The van der Waals surface area contributed by atoms with E-state index in [2.05, 4.69) is 5.32 Å². The summed E-state index contributed by atoms with van der Waals surface area (Å²) in [7, 11) is 0. The van der Waals surface area contributed by atoms with Gasteiger partial charge < -0.3 is 5.32 Å². The third-order valence-corrected chi connectivity index (χ3v) is 3.74. The summed E-state index contributed by atoms with van der Waals surface area (Å²) in [5.74, 6) is -1.08. The Bertz CT molecular complexity index is 303. The van der Waals surface area contributed by atoms with Gasteiger partial charge >= 0.3 is 0 Å². The standard InChI is InChI=1S/C10H13Cl4NO2/c11-5-8(17)15-9(10(12,13)14)6-3-1-2-4-7(6)16/h6,9H,1-5H2,(H,15,17)/t6-,9-/m0/s1. The van der Waals surface area contributed by atoms with Gasteiger partial charge in [-0.25, -0.2) is 0 Å². The predicted octanol–water partition coefficient (Wildman–Crippen LogP) is 2.84. The van der Waals surface area contributed by atoms with Crippen molar-refractivity contribution in [2.24, 2.45) is 5.92 Å². The summed E-state index contributed by atoms with van der Waals surface area (Å²) in [4.78, 5) is 23.1. The van der Waals surface area contributed by atoms with Crippen LogP contribution in [0.15, 0.2) is 0 Å². The molecule has 1 aliphatic rings. The number of rotatable bonds is 3. The van der Waals surface area contributed by atoms with Gasteiger partial charge in [0.05, 0.1) is 6.04 Å². The smallest absolute Gasteiger partial charge is 0.235 e. The van der Waals surface area contributed by atoms with Gasteiger partial charge in [0.2, 0.25) is 9.70 Å². The number of nitrogens with one attached hydrogen (secondary N) is 1. The summed E-state index contributed by atoms with van der Waals surface area (Å²) in [5, 5.41) is 2.52. The molecule has 0 aromatic heterocycles. The van der Waals surface area contributed by atoms with Crippen LogP contribution in [0.2, 0.25) is 0 Å². The maximum atomic E-state index is 11.8. The monoisotopic (exact) mass is 319 g/mol. The molecular formula is C10H13Cl4NO2. The quantitative estimate of drug-likeness (QED) is 0.813. The van der Waals surface area contributed by atoms with Crippen molar-refractivity contribution in [2.75, 3.05) is 5.88 Å². The predicted molar refractivity (Wildman–Crippen MR) is 69.9 cm³/mol. The van der Waals surface area contributed by atoms with Crippen molar-refractivity contribution < 1.29 is 9.59 Å². The van der Waals surface area contributed by atoms with Gasteiger partial charge in [0, 0.05) is 12.3 Å². The van der Waals surface area contributed by atoms with Crippen LogP contribution in [-0.4, -0.2) is 27.4 Å². The van der Waals surface area contributed by atoms with Crippen LogP contribution in [0, 0.1) is 5.92 Å². The Morgan fingerprint density at radius 1 is 1.41 bits per heavy atom. The lowest BCUT2D eigenvalue weighted by Crippen LogP contribution is -2.52. The molecule has 0 aliphatic heterocycles. The molecule has 0 unspecified atom stereocenters. The van der Waals surface area contributed by atoms with E-state index < -0.39 is 21.7 Å². The molecule has 98 valence electrons. The van der Waals surface area contributed by atoms with E-state index in [-0.39, 0.29) is 11.7 Å². The summed E-state index contributed by atoms with van der Waals surface area (Å²) in [6.45, 7) is 0. The molecule has 0 heterocycles. The average molecular weight is 321 g/mol. The van der Waals surface area contributed by atoms with E-state index in [1.165, 1.54) is 0 Å². The first kappa shape index (κ1) is 15.4. The number of Topliss-reactive ketones (excluding diaryl/α,β-unsaturated/α-hetero) is 1. The molecule has 1 aliphatic carbocycles. The van der Waals surface area contributed by atoms with Gasteiger partial charge in [0.1, 0.15) is 11.7 Å². The average Bonchev–Trinajstić information content (AvgIpc) is 2.25. The summed E-state index contributed by atoms with van der Waals surface area (Å²) < 4.78 is -1.71. The molecule has 2 atom stereocenters. The molecule has 1 rings (SSSR count). The first-order chi connectivity index (χ1) is 7.86. The second-order valence-electron chi connectivity index (χ2n) is 4.04. The van der Waals surface area contributed by atoms with Crippen molar-refractivity contribution in [1.29, 1.82) is 0 Å². The maximum absolute atomic E-state index is 11.8. The Labute approximate surface area is 120 Å². The number of amides is 1.